The lowest BCUT2D eigenvalue weighted by molar-refractivity contribution is -0.158. The van der Waals surface area contributed by atoms with Crippen LogP contribution in [0.5, 0.6) is 0 Å². The van der Waals surface area contributed by atoms with Crippen LogP contribution in [0.25, 0.3) is 0 Å². The number of hydrazine groups is 1. The van der Waals surface area contributed by atoms with Crippen LogP contribution in [-0.4, -0.2) is 63.6 Å². The van der Waals surface area contributed by atoms with Gasteiger partial charge in [-0.3, -0.25) is 14.4 Å². The molecule has 0 bridgehead atoms. The number of amides is 5. The highest BCUT2D eigenvalue weighted by molar-refractivity contribution is 6.06. The number of carbonyl (C=O) groups is 6. The third-order valence-electron chi connectivity index (χ3n) is 3.97. The van der Waals surface area contributed by atoms with E-state index in [0.29, 0.717) is 10.0 Å². The van der Waals surface area contributed by atoms with Gasteiger partial charge in [0.25, 0.3) is 5.91 Å². The standard InChI is InChI=1S/C18H20N4O9/c1-11(23)21(22-16(27)13(9-14(24)25)19-17(22)28)8-7-15(26)31-20-18(29)30-10-12-5-3-2-4-6-12/h2-6,13H,7-10H2,1H3,(H,19,28)(H,20,29)(H,24,25)/t13-/m0/s1. The fourth-order valence-electron chi connectivity index (χ4n) is 2.56. The van der Waals surface area contributed by atoms with Crippen molar-refractivity contribution in [3.05, 3.63) is 35.9 Å². The minimum Gasteiger partial charge on any atom is -0.481 e. The second kappa shape index (κ2) is 10.6. The fraction of sp³-hybridized carbons (Fsp3) is 0.333. The van der Waals surface area contributed by atoms with E-state index < -0.39 is 61.3 Å². The molecule has 1 aliphatic rings. The average molecular weight is 436 g/mol. The van der Waals surface area contributed by atoms with E-state index in [0.717, 1.165) is 12.5 Å². The van der Waals surface area contributed by atoms with Crippen molar-refractivity contribution in [3.8, 4) is 0 Å². The molecule has 1 atom stereocenters. The summed E-state index contributed by atoms with van der Waals surface area (Å²) in [4.78, 5) is 74.8. The van der Waals surface area contributed by atoms with Gasteiger partial charge in [0, 0.05) is 6.92 Å². The van der Waals surface area contributed by atoms with E-state index in [2.05, 4.69) is 10.2 Å². The van der Waals surface area contributed by atoms with Crippen LogP contribution in [0.2, 0.25) is 0 Å². The van der Waals surface area contributed by atoms with E-state index in [4.69, 9.17) is 9.84 Å². The molecular weight excluding hydrogens is 416 g/mol. The molecule has 0 unspecified atom stereocenters. The number of hydrogen-bond donors (Lipinski definition) is 3. The molecule has 2 rings (SSSR count). The molecule has 1 aliphatic heterocycles. The number of nitrogens with one attached hydrogen (secondary N) is 2. The summed E-state index contributed by atoms with van der Waals surface area (Å²) in [6.45, 7) is 0.565. The molecule has 1 saturated heterocycles. The van der Waals surface area contributed by atoms with Crippen LogP contribution in [0.3, 0.4) is 0 Å². The van der Waals surface area contributed by atoms with Crippen molar-refractivity contribution >= 4 is 35.9 Å². The molecule has 1 heterocycles. The quantitative estimate of drug-likeness (QED) is 0.372. The SMILES string of the molecule is CC(=O)N(CCC(=O)ONC(=O)OCc1ccccc1)N1C(=O)N[C@@H](CC(=O)O)C1=O. The van der Waals surface area contributed by atoms with Gasteiger partial charge in [-0.15, -0.1) is 5.48 Å². The molecule has 0 aliphatic carbocycles. The molecule has 0 spiro atoms. The number of hydrogen-bond acceptors (Lipinski definition) is 8. The number of benzene rings is 1. The molecule has 31 heavy (non-hydrogen) atoms. The first-order chi connectivity index (χ1) is 14.7. The first kappa shape index (κ1) is 23.1. The number of aliphatic carboxylic acids is 1. The van der Waals surface area contributed by atoms with Gasteiger partial charge in [0.15, 0.2) is 0 Å². The second-order valence-corrected chi connectivity index (χ2v) is 6.28. The lowest BCUT2D eigenvalue weighted by Crippen LogP contribution is -2.50. The summed E-state index contributed by atoms with van der Waals surface area (Å²) >= 11 is 0. The van der Waals surface area contributed by atoms with Gasteiger partial charge in [-0.2, -0.15) is 5.01 Å². The first-order valence-electron chi connectivity index (χ1n) is 8.99. The number of urea groups is 1. The minimum atomic E-state index is -1.33. The number of nitrogens with zero attached hydrogens (tertiary/aromatic N) is 2. The molecule has 1 aromatic carbocycles. The van der Waals surface area contributed by atoms with E-state index in [-0.39, 0.29) is 6.61 Å². The van der Waals surface area contributed by atoms with Crippen LogP contribution in [-0.2, 0) is 35.4 Å². The highest BCUT2D eigenvalue weighted by Gasteiger charge is 2.43. The minimum absolute atomic E-state index is 0.0496. The Morgan fingerprint density at radius 2 is 1.87 bits per heavy atom. The lowest BCUT2D eigenvalue weighted by Gasteiger charge is -2.27. The topological polar surface area (TPSA) is 172 Å². The number of hydroxylamine groups is 1. The van der Waals surface area contributed by atoms with Crippen molar-refractivity contribution < 1.29 is 43.4 Å². The van der Waals surface area contributed by atoms with E-state index in [1.807, 2.05) is 0 Å². The Kier molecular flexibility index (Phi) is 7.88. The maximum Gasteiger partial charge on any atom is 0.441 e. The van der Waals surface area contributed by atoms with Crippen molar-refractivity contribution in [2.75, 3.05) is 6.54 Å². The second-order valence-electron chi connectivity index (χ2n) is 6.28. The van der Waals surface area contributed by atoms with Crippen LogP contribution in [0, 0.1) is 0 Å². The van der Waals surface area contributed by atoms with Crippen LogP contribution in [0.1, 0.15) is 25.3 Å². The van der Waals surface area contributed by atoms with Crippen LogP contribution in [0.15, 0.2) is 30.3 Å². The summed E-state index contributed by atoms with van der Waals surface area (Å²) in [7, 11) is 0. The summed E-state index contributed by atoms with van der Waals surface area (Å²) in [5.41, 5.74) is 2.50. The van der Waals surface area contributed by atoms with Crippen molar-refractivity contribution in [1.82, 2.24) is 20.8 Å². The third kappa shape index (κ3) is 6.69. The Bertz CT molecular complexity index is 874. The Hall–Kier alpha value is -4.16. The van der Waals surface area contributed by atoms with Crippen LogP contribution in [0.4, 0.5) is 9.59 Å². The van der Waals surface area contributed by atoms with Gasteiger partial charge in [0.2, 0.25) is 5.91 Å². The van der Waals surface area contributed by atoms with Gasteiger partial charge >= 0.3 is 24.1 Å². The predicted molar refractivity (Wildman–Crippen MR) is 99.3 cm³/mol. The maximum atomic E-state index is 12.2. The largest absolute Gasteiger partial charge is 0.481 e. The summed E-state index contributed by atoms with van der Waals surface area (Å²) in [5, 5.41) is 12.0. The molecular formula is C18H20N4O9. The number of carboxylic acid groups (broad SMARTS) is 1. The normalized spacial score (nSPS) is 15.1. The van der Waals surface area contributed by atoms with Crippen molar-refractivity contribution in [1.29, 1.82) is 0 Å². The first-order valence-corrected chi connectivity index (χ1v) is 8.99. The summed E-state index contributed by atoms with van der Waals surface area (Å²) in [6.07, 6.45) is -2.17. The average Bonchev–Trinajstić information content (AvgIpc) is 2.98. The Morgan fingerprint density at radius 3 is 2.48 bits per heavy atom. The number of imide groups is 1. The van der Waals surface area contributed by atoms with Gasteiger partial charge < -0.3 is 20.0 Å². The zero-order valence-electron chi connectivity index (χ0n) is 16.4. The summed E-state index contributed by atoms with van der Waals surface area (Å²) < 4.78 is 4.85. The van der Waals surface area contributed by atoms with E-state index in [1.54, 1.807) is 35.8 Å². The molecule has 0 saturated carbocycles. The smallest absolute Gasteiger partial charge is 0.441 e. The molecule has 166 valence electrons. The van der Waals surface area contributed by atoms with Gasteiger partial charge in [0.1, 0.15) is 12.6 Å². The zero-order valence-corrected chi connectivity index (χ0v) is 16.4. The molecule has 5 amide bonds. The monoisotopic (exact) mass is 436 g/mol. The molecule has 1 fully saturated rings. The third-order valence-corrected chi connectivity index (χ3v) is 3.97. The van der Waals surface area contributed by atoms with Crippen molar-refractivity contribution in [2.45, 2.75) is 32.4 Å². The van der Waals surface area contributed by atoms with Crippen molar-refractivity contribution in [3.63, 3.8) is 0 Å². The van der Waals surface area contributed by atoms with Gasteiger partial charge in [-0.25, -0.2) is 19.4 Å². The van der Waals surface area contributed by atoms with E-state index in [1.165, 1.54) is 0 Å². The Labute approximate surface area is 175 Å². The maximum absolute atomic E-state index is 12.2. The van der Waals surface area contributed by atoms with E-state index >= 15 is 0 Å². The molecule has 13 nitrogen and oxygen atoms in total. The van der Waals surface area contributed by atoms with Gasteiger partial charge in [0.05, 0.1) is 19.4 Å². The number of rotatable bonds is 8. The van der Waals surface area contributed by atoms with Crippen LogP contribution >= 0.6 is 0 Å². The lowest BCUT2D eigenvalue weighted by atomic mass is 10.2. The number of carbonyl (C=O) groups excluding carboxylic acids is 5. The predicted octanol–water partition coefficient (Wildman–Crippen LogP) is -0.0803. The highest BCUT2D eigenvalue weighted by Crippen LogP contribution is 2.14. The van der Waals surface area contributed by atoms with Crippen molar-refractivity contribution in [2.24, 2.45) is 0 Å². The molecule has 13 heteroatoms. The van der Waals surface area contributed by atoms with Crippen LogP contribution < -0.4 is 10.8 Å². The van der Waals surface area contributed by atoms with E-state index in [9.17, 15) is 28.8 Å². The fourth-order valence-corrected chi connectivity index (χ4v) is 2.56. The Morgan fingerprint density at radius 1 is 1.19 bits per heavy atom. The molecule has 0 aromatic heterocycles. The van der Waals surface area contributed by atoms with Gasteiger partial charge in [-0.1, -0.05) is 30.3 Å². The Balaban J connectivity index is 1.82. The number of ether oxygens (including phenoxy) is 1. The number of carboxylic acids is 1. The summed E-state index contributed by atoms with van der Waals surface area (Å²) in [6, 6.07) is 6.43. The molecule has 3 N–H and O–H groups in total. The summed E-state index contributed by atoms with van der Waals surface area (Å²) in [5.74, 6) is -3.98. The molecule has 1 aromatic rings. The highest BCUT2D eigenvalue weighted by atomic mass is 16.7. The zero-order chi connectivity index (χ0) is 23.0. The molecule has 0 radical (unpaired) electrons. The van der Waals surface area contributed by atoms with Gasteiger partial charge in [-0.05, 0) is 5.56 Å².